The molecule has 0 unspecified atom stereocenters. The van der Waals surface area contributed by atoms with Gasteiger partial charge in [-0.25, -0.2) is 0 Å². The number of nitrogens with two attached hydrogens (primary N) is 2. The summed E-state index contributed by atoms with van der Waals surface area (Å²) >= 11 is 4.62. The van der Waals surface area contributed by atoms with Gasteiger partial charge in [-0.3, -0.25) is 0 Å². The van der Waals surface area contributed by atoms with E-state index in [4.69, 9.17) is 11.5 Å². The normalized spacial score (nSPS) is 8.67. The molecule has 6 heavy (non-hydrogen) atoms. The van der Waals surface area contributed by atoms with E-state index in [2.05, 4.69) is 15.6 Å². The Morgan fingerprint density at radius 2 is 2.17 bits per heavy atom. The van der Waals surface area contributed by atoms with Gasteiger partial charge in [0, 0.05) is 0 Å². The molecule has 0 spiro atoms. The summed E-state index contributed by atoms with van der Waals surface area (Å²) in [6.07, 6.45) is 0.653. The molecule has 0 amide bonds. The molecule has 4 N–H and O–H groups in total. The van der Waals surface area contributed by atoms with E-state index in [9.17, 15) is 0 Å². The molecule has 0 aromatic heterocycles. The van der Waals surface area contributed by atoms with Crippen LogP contribution in [0.4, 0.5) is 0 Å². The molecule has 0 saturated heterocycles. The minimum absolute atomic E-state index is 0.477. The van der Waals surface area contributed by atoms with Crippen LogP contribution in [-0.2, 0) is 15.6 Å². The van der Waals surface area contributed by atoms with Crippen LogP contribution in [0.15, 0.2) is 0 Å². The second-order valence-corrected chi connectivity index (χ2v) is 1.54. The average Bonchev–Trinajstić information content (AvgIpc) is 1.35. The van der Waals surface area contributed by atoms with Crippen molar-refractivity contribution in [3.05, 3.63) is 0 Å². The van der Waals surface area contributed by atoms with Crippen LogP contribution in [0.3, 0.4) is 0 Å². The fourth-order valence-corrected chi connectivity index (χ4v) is 0.263. The summed E-state index contributed by atoms with van der Waals surface area (Å²) in [5.74, 6) is 0. The second-order valence-electron chi connectivity index (χ2n) is 0.936. The Hall–Kier alpha value is 0.309. The molecule has 0 fully saturated rings. The fourth-order valence-electron chi connectivity index (χ4n) is 0.127. The Bertz CT molecular complexity index is 52.8. The molecule has 0 heterocycles. The van der Waals surface area contributed by atoms with Crippen LogP contribution in [0.2, 0.25) is 0 Å². The summed E-state index contributed by atoms with van der Waals surface area (Å²) in [4.78, 5) is 0. The molecule has 0 atom stereocenters. The van der Waals surface area contributed by atoms with Crippen LogP contribution in [0.1, 0.15) is 6.42 Å². The van der Waals surface area contributed by atoms with E-state index in [0.29, 0.717) is 17.5 Å². The van der Waals surface area contributed by atoms with Crippen molar-refractivity contribution in [2.24, 2.45) is 11.5 Å². The molecular formula is C3H8CuN2. The monoisotopic (exact) mass is 135 g/mol. The van der Waals surface area contributed by atoms with E-state index < -0.39 is 0 Å². The third-order valence-electron chi connectivity index (χ3n) is 0.364. The summed E-state index contributed by atoms with van der Waals surface area (Å²) in [6.45, 7) is 0.560. The predicted molar refractivity (Wildman–Crippen MR) is 22.9 cm³/mol. The first kappa shape index (κ1) is 6.31. The van der Waals surface area contributed by atoms with Crippen LogP contribution < -0.4 is 11.5 Å². The van der Waals surface area contributed by atoms with Gasteiger partial charge in [-0.2, -0.15) is 0 Å². The van der Waals surface area contributed by atoms with Crippen LogP contribution in [-0.4, -0.2) is 11.1 Å². The van der Waals surface area contributed by atoms with Crippen LogP contribution >= 0.6 is 0 Å². The Labute approximate surface area is 45.2 Å². The summed E-state index contributed by atoms with van der Waals surface area (Å²) in [7, 11) is 0. The Morgan fingerprint density at radius 1 is 1.67 bits per heavy atom. The molecule has 0 aliphatic heterocycles. The molecule has 0 bridgehead atoms. The van der Waals surface area contributed by atoms with Crippen LogP contribution in [0.25, 0.3) is 0 Å². The Balaban J connectivity index is 2.83. The van der Waals surface area contributed by atoms with Gasteiger partial charge in [-0.15, -0.1) is 0 Å². The zero-order valence-corrected chi connectivity index (χ0v) is 4.31. The summed E-state index contributed by atoms with van der Waals surface area (Å²) in [6, 6.07) is 0. The molecule has 0 aromatic carbocycles. The minimum atomic E-state index is 0.477. The van der Waals surface area contributed by atoms with Crippen molar-refractivity contribution in [1.29, 1.82) is 0 Å². The van der Waals surface area contributed by atoms with Crippen LogP contribution in [0.5, 0.6) is 0 Å². The van der Waals surface area contributed by atoms with Crippen molar-refractivity contribution in [3.63, 3.8) is 0 Å². The van der Waals surface area contributed by atoms with Crippen molar-refractivity contribution >= 4 is 4.54 Å². The number of hydrogen-bond donors (Lipinski definition) is 2. The van der Waals surface area contributed by atoms with E-state index in [1.165, 1.54) is 0 Å². The van der Waals surface area contributed by atoms with E-state index >= 15 is 0 Å². The zero-order chi connectivity index (χ0) is 4.99. The van der Waals surface area contributed by atoms with E-state index in [-0.39, 0.29) is 0 Å². The van der Waals surface area contributed by atoms with E-state index in [0.717, 1.165) is 0 Å². The van der Waals surface area contributed by atoms with Gasteiger partial charge in [0.1, 0.15) is 0 Å². The Kier molecular flexibility index (Phi) is 3.68. The van der Waals surface area contributed by atoms with Crippen molar-refractivity contribution < 1.29 is 15.6 Å². The van der Waals surface area contributed by atoms with Gasteiger partial charge in [0.2, 0.25) is 0 Å². The summed E-state index contributed by atoms with van der Waals surface area (Å²) < 4.78 is 0.477. The first-order valence-electron chi connectivity index (χ1n) is 1.70. The quantitative estimate of drug-likeness (QED) is 0.476. The summed E-state index contributed by atoms with van der Waals surface area (Å²) in [5, 5.41) is 0. The fraction of sp³-hybridized carbons (Fsp3) is 0.667. The molecule has 41 valence electrons. The van der Waals surface area contributed by atoms with E-state index in [1.54, 1.807) is 0 Å². The van der Waals surface area contributed by atoms with Crippen LogP contribution in [0, 0.1) is 0 Å². The average molecular weight is 136 g/mol. The van der Waals surface area contributed by atoms with Gasteiger partial charge < -0.3 is 0 Å². The predicted octanol–water partition coefficient (Wildman–Crippen LogP) is -1.03. The zero-order valence-electron chi connectivity index (χ0n) is 3.37. The van der Waals surface area contributed by atoms with Gasteiger partial charge in [0.05, 0.1) is 0 Å². The molecule has 3 heteroatoms. The van der Waals surface area contributed by atoms with E-state index in [1.807, 2.05) is 0 Å². The SMILES string of the molecule is NCC[C](N)=[Cu]. The van der Waals surface area contributed by atoms with Gasteiger partial charge in [-0.05, 0) is 0 Å². The van der Waals surface area contributed by atoms with Crippen molar-refractivity contribution in [3.8, 4) is 0 Å². The summed E-state index contributed by atoms with van der Waals surface area (Å²) in [5.41, 5.74) is 10.1. The molecule has 0 aromatic rings. The maximum atomic E-state index is 5.06. The Morgan fingerprint density at radius 3 is 2.17 bits per heavy atom. The number of hydrogen-bond acceptors (Lipinski definition) is 2. The molecule has 0 rings (SSSR count). The molecule has 0 radical (unpaired) electrons. The third kappa shape index (κ3) is 4.31. The molecular weight excluding hydrogens is 128 g/mol. The number of rotatable bonds is 2. The third-order valence-corrected chi connectivity index (χ3v) is 0.599. The van der Waals surface area contributed by atoms with Gasteiger partial charge in [0.15, 0.2) is 0 Å². The standard InChI is InChI=1S/C3H8N2.Cu/c4-2-1-3-5;/h1-2,4-5H2;. The second kappa shape index (κ2) is 3.50. The maximum absolute atomic E-state index is 5.06. The van der Waals surface area contributed by atoms with Gasteiger partial charge in [0.25, 0.3) is 0 Å². The first-order chi connectivity index (χ1) is 2.77. The van der Waals surface area contributed by atoms with Crippen molar-refractivity contribution in [2.45, 2.75) is 6.42 Å². The molecule has 2 nitrogen and oxygen atoms in total. The first-order valence-corrected chi connectivity index (χ1v) is 2.17. The van der Waals surface area contributed by atoms with Crippen molar-refractivity contribution in [1.82, 2.24) is 0 Å². The van der Waals surface area contributed by atoms with Gasteiger partial charge in [-0.1, -0.05) is 0 Å². The topological polar surface area (TPSA) is 52.0 Å². The van der Waals surface area contributed by atoms with Gasteiger partial charge >= 0.3 is 44.6 Å². The van der Waals surface area contributed by atoms with Crippen molar-refractivity contribution in [2.75, 3.05) is 6.54 Å². The molecule has 0 aliphatic carbocycles. The molecule has 0 aliphatic rings. The molecule has 0 saturated carbocycles.